The molecule has 0 heterocycles. The second-order valence-corrected chi connectivity index (χ2v) is 22.5. The first kappa shape index (κ1) is 47.1. The van der Waals surface area contributed by atoms with E-state index in [2.05, 4.69) is 62.0 Å². The number of carbonyl (C=O) groups is 1. The Morgan fingerprint density at radius 2 is 1.19 bits per heavy atom. The van der Waals surface area contributed by atoms with E-state index in [9.17, 15) is 15.0 Å². The fraction of sp³-hybridized carbons (Fsp3) is 0.942. The molecule has 5 rings (SSSR count). The van der Waals surface area contributed by atoms with E-state index < -0.39 is 18.4 Å². The second-order valence-electron chi connectivity index (χ2n) is 22.5. The summed E-state index contributed by atoms with van der Waals surface area (Å²) in [7, 11) is 0. The van der Waals surface area contributed by atoms with Gasteiger partial charge in [0, 0.05) is 5.41 Å². The molecule has 5 aliphatic rings. The molecule has 5 aliphatic carbocycles. The number of allylic oxidation sites excluding steroid dienone is 1. The van der Waals surface area contributed by atoms with Gasteiger partial charge in [-0.25, -0.2) is 4.79 Å². The summed E-state index contributed by atoms with van der Waals surface area (Å²) in [6.07, 6.45) is 31.4. The van der Waals surface area contributed by atoms with Crippen molar-refractivity contribution in [2.24, 2.45) is 56.7 Å². The third kappa shape index (κ3) is 10.1. The van der Waals surface area contributed by atoms with Gasteiger partial charge < -0.3 is 19.7 Å². The Balaban J connectivity index is 1.00. The molecule has 0 spiro atoms. The van der Waals surface area contributed by atoms with Crippen molar-refractivity contribution in [1.29, 1.82) is 0 Å². The van der Waals surface area contributed by atoms with E-state index in [0.717, 1.165) is 37.5 Å². The lowest BCUT2D eigenvalue weighted by Gasteiger charge is -2.74. The maximum Gasteiger partial charge on any atom is 0.337 e. The number of unbranched alkanes of at least 4 members (excludes halogenated alkanes) is 15. The Morgan fingerprint density at radius 3 is 1.77 bits per heavy atom. The molecule has 5 heteroatoms. The van der Waals surface area contributed by atoms with E-state index >= 15 is 0 Å². The molecule has 0 radical (unpaired) electrons. The number of aliphatic hydroxyl groups is 2. The molecule has 5 fully saturated rings. The summed E-state index contributed by atoms with van der Waals surface area (Å²) >= 11 is 0. The molecule has 0 aromatic rings. The lowest BCUT2D eigenvalue weighted by molar-refractivity contribution is -0.260. The van der Waals surface area contributed by atoms with E-state index in [1.165, 1.54) is 147 Å². The zero-order valence-corrected chi connectivity index (χ0v) is 38.7. The predicted molar refractivity (Wildman–Crippen MR) is 237 cm³/mol. The van der Waals surface area contributed by atoms with Crippen LogP contribution in [-0.2, 0) is 14.3 Å². The van der Waals surface area contributed by atoms with E-state index in [0.29, 0.717) is 35.0 Å². The predicted octanol–water partition coefficient (Wildman–Crippen LogP) is 13.9. The number of esters is 1. The highest BCUT2D eigenvalue weighted by molar-refractivity contribution is 5.74. The Kier molecular flexibility index (Phi) is 16.8. The first-order chi connectivity index (χ1) is 27.1. The smallest absolute Gasteiger partial charge is 0.337 e. The quantitative estimate of drug-likeness (QED) is 0.0466. The molecule has 0 bridgehead atoms. The molecule has 0 amide bonds. The van der Waals surface area contributed by atoms with Crippen LogP contribution in [0.2, 0.25) is 0 Å². The van der Waals surface area contributed by atoms with Crippen LogP contribution < -0.4 is 0 Å². The van der Waals surface area contributed by atoms with Gasteiger partial charge in [-0.1, -0.05) is 157 Å². The minimum Gasteiger partial charge on any atom is -0.460 e. The fourth-order valence-corrected chi connectivity index (χ4v) is 14.9. The van der Waals surface area contributed by atoms with Crippen molar-refractivity contribution < 1.29 is 24.5 Å². The first-order valence-electron chi connectivity index (χ1n) is 24.9. The lowest BCUT2D eigenvalue weighted by atomic mass is 9.31. The Morgan fingerprint density at radius 1 is 0.649 bits per heavy atom. The molecule has 0 saturated heterocycles. The van der Waals surface area contributed by atoms with Gasteiger partial charge in [-0.2, -0.15) is 0 Å². The molecule has 0 aromatic carbocycles. The number of aliphatic hydroxyl groups excluding tert-OH is 2. The monoisotopic (exact) mass is 797 g/mol. The molecule has 0 aliphatic heterocycles. The Hall–Kier alpha value is -0.910. The van der Waals surface area contributed by atoms with Crippen LogP contribution in [0.4, 0.5) is 0 Å². The average Bonchev–Trinajstić information content (AvgIpc) is 3.53. The van der Waals surface area contributed by atoms with E-state index in [-0.39, 0.29) is 29.0 Å². The van der Waals surface area contributed by atoms with Crippen molar-refractivity contribution in [3.05, 3.63) is 12.2 Å². The van der Waals surface area contributed by atoms with Crippen molar-refractivity contribution >= 4 is 5.97 Å². The summed E-state index contributed by atoms with van der Waals surface area (Å²) in [5, 5.41) is 21.3. The van der Waals surface area contributed by atoms with Crippen LogP contribution in [0, 0.1) is 56.7 Å². The highest BCUT2D eigenvalue weighted by Gasteiger charge is 2.71. The minimum absolute atomic E-state index is 0.171. The largest absolute Gasteiger partial charge is 0.460 e. The van der Waals surface area contributed by atoms with Gasteiger partial charge in [0.25, 0.3) is 0 Å². The highest BCUT2D eigenvalue weighted by atomic mass is 16.6. The number of hydrogen-bond donors (Lipinski definition) is 2. The maximum atomic E-state index is 13.3. The van der Waals surface area contributed by atoms with Gasteiger partial charge in [-0.05, 0) is 135 Å². The molecular formula is C52H92O5. The minimum atomic E-state index is -1.38. The molecular weight excluding hydrogens is 705 g/mol. The Labute approximate surface area is 352 Å². The summed E-state index contributed by atoms with van der Waals surface area (Å²) < 4.78 is 11.7. The van der Waals surface area contributed by atoms with Gasteiger partial charge in [0.15, 0.2) is 12.4 Å². The van der Waals surface area contributed by atoms with Crippen LogP contribution in [0.25, 0.3) is 0 Å². The highest BCUT2D eigenvalue weighted by Crippen LogP contribution is 2.78. The molecule has 0 aromatic heterocycles. The number of ether oxygens (including phenoxy) is 2. The van der Waals surface area contributed by atoms with Crippen molar-refractivity contribution in [2.45, 2.75) is 247 Å². The van der Waals surface area contributed by atoms with E-state index in [1.807, 2.05) is 0 Å². The summed E-state index contributed by atoms with van der Waals surface area (Å²) in [4.78, 5) is 13.3. The first-order valence-corrected chi connectivity index (χ1v) is 24.9. The van der Waals surface area contributed by atoms with Crippen LogP contribution in [0.3, 0.4) is 0 Å². The van der Waals surface area contributed by atoms with Crippen LogP contribution in [0.15, 0.2) is 12.2 Å². The van der Waals surface area contributed by atoms with Crippen molar-refractivity contribution in [1.82, 2.24) is 0 Å². The van der Waals surface area contributed by atoms with Gasteiger partial charge in [-0.3, -0.25) is 0 Å². The van der Waals surface area contributed by atoms with Crippen LogP contribution >= 0.6 is 0 Å². The SMILES string of the molecule is C=C(C)C1CC[C@]2(C)CC[C@]3(C)C(CC[C@@]4(C)C5CC[C@H](OC(=O)C(O)COC(O)CCCCCCCCCCCCCCCCCC)C(C)(C)C5CC[C@]43C)C12. The topological polar surface area (TPSA) is 76.0 Å². The molecule has 5 saturated carbocycles. The van der Waals surface area contributed by atoms with Crippen LogP contribution in [-0.4, -0.2) is 41.3 Å². The van der Waals surface area contributed by atoms with Crippen LogP contribution in [0.1, 0.15) is 229 Å². The van der Waals surface area contributed by atoms with Gasteiger partial charge in [0.2, 0.25) is 0 Å². The van der Waals surface area contributed by atoms with Crippen molar-refractivity contribution in [3.63, 3.8) is 0 Å². The number of rotatable bonds is 23. The summed E-state index contributed by atoms with van der Waals surface area (Å²) in [5.41, 5.74) is 2.60. The fourth-order valence-electron chi connectivity index (χ4n) is 14.9. The standard InChI is InChI=1S/C52H92O5/c1-10-11-12-13-14-15-16-17-18-19-20-21-22-23-24-25-26-45(54)56-37-43(53)47(55)57-44-28-27-41-40(48(44,4)5)31-34-52(9)50(41,7)33-30-42-46-39(38(2)3)29-32-49(46,6)35-36-51(42,52)8/h39-46,53-54H,2,10-37H2,1,3-9H3/t39?,40?,41?,42?,43?,44-,45?,46?,49+,50-,51+,52+/m0/s1. The third-order valence-electron chi connectivity index (χ3n) is 18.9. The van der Waals surface area contributed by atoms with Gasteiger partial charge in [-0.15, -0.1) is 0 Å². The zero-order chi connectivity index (χ0) is 41.5. The number of hydrogen-bond acceptors (Lipinski definition) is 5. The summed E-state index contributed by atoms with van der Waals surface area (Å²) in [5.74, 6) is 2.73. The molecule has 57 heavy (non-hydrogen) atoms. The van der Waals surface area contributed by atoms with E-state index in [4.69, 9.17) is 9.47 Å². The zero-order valence-electron chi connectivity index (χ0n) is 38.7. The van der Waals surface area contributed by atoms with Crippen LogP contribution in [0.5, 0.6) is 0 Å². The van der Waals surface area contributed by atoms with Crippen molar-refractivity contribution in [3.8, 4) is 0 Å². The third-order valence-corrected chi connectivity index (χ3v) is 18.9. The summed E-state index contributed by atoms with van der Waals surface area (Å²) in [6.45, 7) is 24.2. The molecule has 12 atom stereocenters. The van der Waals surface area contributed by atoms with Gasteiger partial charge in [0.1, 0.15) is 6.10 Å². The second kappa shape index (κ2) is 20.3. The average molecular weight is 797 g/mol. The molecule has 5 nitrogen and oxygen atoms in total. The number of fused-ring (bicyclic) bond motifs is 7. The molecule has 7 unspecified atom stereocenters. The summed E-state index contributed by atoms with van der Waals surface area (Å²) in [6, 6.07) is 0. The van der Waals surface area contributed by atoms with E-state index in [1.54, 1.807) is 0 Å². The van der Waals surface area contributed by atoms with Gasteiger partial charge >= 0.3 is 5.97 Å². The molecule has 330 valence electrons. The molecule has 2 N–H and O–H groups in total. The maximum absolute atomic E-state index is 13.3. The number of carbonyl (C=O) groups excluding carboxylic acids is 1. The van der Waals surface area contributed by atoms with Crippen molar-refractivity contribution in [2.75, 3.05) is 6.61 Å². The lowest BCUT2D eigenvalue weighted by Crippen LogP contribution is -2.67. The Bertz CT molecular complexity index is 1280. The van der Waals surface area contributed by atoms with Gasteiger partial charge in [0.05, 0.1) is 6.61 Å². The normalized spacial score (nSPS) is 38.0.